The van der Waals surface area contributed by atoms with E-state index in [0.717, 1.165) is 11.3 Å². The van der Waals surface area contributed by atoms with Gasteiger partial charge < -0.3 is 10.4 Å². The second kappa shape index (κ2) is 6.00. The molecule has 8 heteroatoms. The molecule has 1 amide bonds. The molecule has 1 aliphatic rings. The number of nitrogens with zero attached hydrogens (tertiary/aromatic N) is 1. The van der Waals surface area contributed by atoms with E-state index in [-0.39, 0.29) is 22.9 Å². The summed E-state index contributed by atoms with van der Waals surface area (Å²) in [4.78, 5) is 33.1. The van der Waals surface area contributed by atoms with Gasteiger partial charge in [0.05, 0.1) is 15.7 Å². The SMILES string of the molecule is O=C(NC1CCC(C(=O)O)CC1)c1ccc([N+](=O)[O-])s1. The molecule has 1 heterocycles. The van der Waals surface area contributed by atoms with E-state index in [1.54, 1.807) is 0 Å². The van der Waals surface area contributed by atoms with E-state index in [9.17, 15) is 19.7 Å². The van der Waals surface area contributed by atoms with Crippen molar-refractivity contribution in [3.8, 4) is 0 Å². The number of carbonyl (C=O) groups excluding carboxylic acids is 1. The molecule has 1 aromatic heterocycles. The van der Waals surface area contributed by atoms with Gasteiger partial charge in [-0.1, -0.05) is 11.3 Å². The van der Waals surface area contributed by atoms with E-state index in [2.05, 4.69) is 5.32 Å². The van der Waals surface area contributed by atoms with Gasteiger partial charge in [0.15, 0.2) is 0 Å². The van der Waals surface area contributed by atoms with Gasteiger partial charge in [-0.3, -0.25) is 19.7 Å². The first-order chi connectivity index (χ1) is 9.47. The number of aliphatic carboxylic acids is 1. The van der Waals surface area contributed by atoms with E-state index in [0.29, 0.717) is 30.6 Å². The van der Waals surface area contributed by atoms with E-state index >= 15 is 0 Å². The van der Waals surface area contributed by atoms with Crippen molar-refractivity contribution < 1.29 is 19.6 Å². The van der Waals surface area contributed by atoms with Gasteiger partial charge in [0, 0.05) is 12.1 Å². The summed E-state index contributed by atoms with van der Waals surface area (Å²) in [6.07, 6.45) is 2.34. The number of rotatable bonds is 4. The van der Waals surface area contributed by atoms with Crippen LogP contribution in [0.15, 0.2) is 12.1 Å². The number of hydrogen-bond acceptors (Lipinski definition) is 5. The molecule has 1 aliphatic carbocycles. The summed E-state index contributed by atoms with van der Waals surface area (Å²) in [5.41, 5.74) is 0. The average molecular weight is 298 g/mol. The van der Waals surface area contributed by atoms with E-state index in [1.165, 1.54) is 12.1 Å². The molecule has 108 valence electrons. The number of nitrogens with one attached hydrogen (secondary N) is 1. The van der Waals surface area contributed by atoms with Crippen LogP contribution in [0.1, 0.15) is 35.4 Å². The first-order valence-electron chi connectivity index (χ1n) is 6.25. The third kappa shape index (κ3) is 3.32. The van der Waals surface area contributed by atoms with Crippen LogP contribution in [0.25, 0.3) is 0 Å². The number of hydrogen-bond donors (Lipinski definition) is 2. The second-order valence-corrected chi connectivity index (χ2v) is 5.82. The van der Waals surface area contributed by atoms with Crippen molar-refractivity contribution in [2.45, 2.75) is 31.7 Å². The zero-order chi connectivity index (χ0) is 14.7. The van der Waals surface area contributed by atoms with Crippen molar-refractivity contribution in [2.75, 3.05) is 0 Å². The Kier molecular flexibility index (Phi) is 4.33. The number of carboxylic acids is 1. The topological polar surface area (TPSA) is 110 Å². The monoisotopic (exact) mass is 298 g/mol. The lowest BCUT2D eigenvalue weighted by Crippen LogP contribution is -2.38. The Bertz CT molecular complexity index is 534. The van der Waals surface area contributed by atoms with Crippen LogP contribution in [0.5, 0.6) is 0 Å². The van der Waals surface area contributed by atoms with Crippen molar-refractivity contribution in [1.29, 1.82) is 0 Å². The zero-order valence-corrected chi connectivity index (χ0v) is 11.4. The summed E-state index contributed by atoms with van der Waals surface area (Å²) in [6, 6.07) is 2.68. The van der Waals surface area contributed by atoms with Crippen LogP contribution in [0.4, 0.5) is 5.00 Å². The van der Waals surface area contributed by atoms with Crippen LogP contribution in [0.2, 0.25) is 0 Å². The van der Waals surface area contributed by atoms with Gasteiger partial charge in [-0.05, 0) is 31.7 Å². The number of thiophene rings is 1. The lowest BCUT2D eigenvalue weighted by atomic mass is 9.86. The van der Waals surface area contributed by atoms with Gasteiger partial charge in [0.2, 0.25) is 0 Å². The van der Waals surface area contributed by atoms with Gasteiger partial charge >= 0.3 is 11.0 Å². The Morgan fingerprint density at radius 1 is 1.30 bits per heavy atom. The minimum Gasteiger partial charge on any atom is -0.481 e. The molecule has 0 atom stereocenters. The molecule has 0 aromatic carbocycles. The number of carbonyl (C=O) groups is 2. The lowest BCUT2D eigenvalue weighted by Gasteiger charge is -2.26. The maximum absolute atomic E-state index is 11.9. The Hall–Kier alpha value is -1.96. The molecule has 20 heavy (non-hydrogen) atoms. The number of nitro groups is 1. The maximum atomic E-state index is 11.9. The second-order valence-electron chi connectivity index (χ2n) is 4.76. The van der Waals surface area contributed by atoms with E-state index in [1.807, 2.05) is 0 Å². The third-order valence-electron chi connectivity index (χ3n) is 3.41. The molecule has 0 aliphatic heterocycles. The summed E-state index contributed by atoms with van der Waals surface area (Å²) in [6.45, 7) is 0. The number of carboxylic acid groups (broad SMARTS) is 1. The van der Waals surface area contributed by atoms with Crippen LogP contribution in [0.3, 0.4) is 0 Å². The molecular weight excluding hydrogens is 284 g/mol. The average Bonchev–Trinajstić information content (AvgIpc) is 2.89. The quantitative estimate of drug-likeness (QED) is 0.653. The first-order valence-corrected chi connectivity index (χ1v) is 7.07. The van der Waals surface area contributed by atoms with Gasteiger partial charge in [-0.25, -0.2) is 0 Å². The summed E-state index contributed by atoms with van der Waals surface area (Å²) in [5, 5.41) is 22.2. The van der Waals surface area contributed by atoms with Crippen molar-refractivity contribution in [3.63, 3.8) is 0 Å². The van der Waals surface area contributed by atoms with Crippen LogP contribution in [0, 0.1) is 16.0 Å². The van der Waals surface area contributed by atoms with Gasteiger partial charge in [-0.15, -0.1) is 0 Å². The molecule has 1 aromatic rings. The van der Waals surface area contributed by atoms with Crippen molar-refractivity contribution in [3.05, 3.63) is 27.1 Å². The first kappa shape index (κ1) is 14.4. The fourth-order valence-electron chi connectivity index (χ4n) is 2.29. The fourth-order valence-corrected chi connectivity index (χ4v) is 3.01. The minimum absolute atomic E-state index is 0.0562. The highest BCUT2D eigenvalue weighted by atomic mass is 32.1. The molecular formula is C12H14N2O5S. The largest absolute Gasteiger partial charge is 0.481 e. The molecule has 0 radical (unpaired) electrons. The van der Waals surface area contributed by atoms with Gasteiger partial charge in [0.25, 0.3) is 5.91 Å². The van der Waals surface area contributed by atoms with Gasteiger partial charge in [-0.2, -0.15) is 0 Å². The summed E-state index contributed by atoms with van der Waals surface area (Å²) in [7, 11) is 0. The standard InChI is InChI=1S/C12H14N2O5S/c15-11(9-5-6-10(20-9)14(18)19)13-8-3-1-7(2-4-8)12(16)17/h5-8H,1-4H2,(H,13,15)(H,16,17). The predicted octanol–water partition coefficient (Wildman–Crippen LogP) is 2.03. The molecule has 2 N–H and O–H groups in total. The molecule has 0 bridgehead atoms. The predicted molar refractivity (Wildman–Crippen MR) is 71.8 cm³/mol. The Morgan fingerprint density at radius 2 is 1.95 bits per heavy atom. The third-order valence-corrected chi connectivity index (χ3v) is 4.44. The maximum Gasteiger partial charge on any atom is 0.324 e. The molecule has 0 saturated heterocycles. The van der Waals surface area contributed by atoms with Crippen molar-refractivity contribution in [2.24, 2.45) is 5.92 Å². The Balaban J connectivity index is 1.89. The van der Waals surface area contributed by atoms with Gasteiger partial charge in [0.1, 0.15) is 0 Å². The summed E-state index contributed by atoms with van der Waals surface area (Å²) < 4.78 is 0. The molecule has 2 rings (SSSR count). The fraction of sp³-hybridized carbons (Fsp3) is 0.500. The van der Waals surface area contributed by atoms with Crippen molar-refractivity contribution in [1.82, 2.24) is 5.32 Å². The normalized spacial score (nSPS) is 22.2. The van der Waals surface area contributed by atoms with Crippen LogP contribution >= 0.6 is 11.3 Å². The molecule has 0 unspecified atom stereocenters. The number of amides is 1. The van der Waals surface area contributed by atoms with Crippen molar-refractivity contribution >= 4 is 28.2 Å². The van der Waals surface area contributed by atoms with Crippen LogP contribution < -0.4 is 5.32 Å². The highest BCUT2D eigenvalue weighted by Crippen LogP contribution is 2.26. The molecule has 1 saturated carbocycles. The summed E-state index contributed by atoms with van der Waals surface area (Å²) >= 11 is 0.838. The Labute approximate surface area is 118 Å². The molecule has 7 nitrogen and oxygen atoms in total. The van der Waals surface area contributed by atoms with Crippen LogP contribution in [-0.2, 0) is 4.79 Å². The van der Waals surface area contributed by atoms with E-state index in [4.69, 9.17) is 5.11 Å². The molecule has 0 spiro atoms. The Morgan fingerprint density at radius 3 is 2.45 bits per heavy atom. The smallest absolute Gasteiger partial charge is 0.324 e. The molecule has 1 fully saturated rings. The van der Waals surface area contributed by atoms with Crippen LogP contribution in [-0.4, -0.2) is 27.9 Å². The minimum atomic E-state index is -0.788. The zero-order valence-electron chi connectivity index (χ0n) is 10.6. The highest BCUT2D eigenvalue weighted by Gasteiger charge is 2.27. The lowest BCUT2D eigenvalue weighted by molar-refractivity contribution is -0.380. The summed E-state index contributed by atoms with van der Waals surface area (Å²) in [5.74, 6) is -1.45. The van der Waals surface area contributed by atoms with E-state index < -0.39 is 10.9 Å². The highest BCUT2D eigenvalue weighted by molar-refractivity contribution is 7.17.